The van der Waals surface area contributed by atoms with Crippen molar-refractivity contribution in [1.29, 1.82) is 0 Å². The van der Waals surface area contributed by atoms with Crippen LogP contribution in [0.3, 0.4) is 0 Å². The van der Waals surface area contributed by atoms with Gasteiger partial charge in [0.25, 0.3) is 0 Å². The number of hydrogen-bond donors (Lipinski definition) is 3. The Balaban J connectivity index is 2.23. The zero-order chi connectivity index (χ0) is 12.9. The molecule has 5 heteroatoms. The Morgan fingerprint density at radius 1 is 1.41 bits per heavy atom. The third-order valence-corrected chi connectivity index (χ3v) is 3.65. The smallest absolute Gasteiger partial charge is 0.315 e. The molecule has 0 aromatic heterocycles. The molecule has 1 aliphatic carbocycles. The van der Waals surface area contributed by atoms with E-state index in [-0.39, 0.29) is 23.9 Å². The second kappa shape index (κ2) is 5.89. The van der Waals surface area contributed by atoms with Crippen LogP contribution < -0.4 is 10.6 Å². The van der Waals surface area contributed by atoms with E-state index in [4.69, 9.17) is 5.11 Å². The Hall–Kier alpha value is -1.26. The molecule has 1 aliphatic rings. The number of carboxylic acid groups (broad SMARTS) is 1. The highest BCUT2D eigenvalue weighted by molar-refractivity contribution is 5.75. The van der Waals surface area contributed by atoms with E-state index in [9.17, 15) is 9.59 Å². The summed E-state index contributed by atoms with van der Waals surface area (Å²) in [6.45, 7) is 4.52. The molecule has 1 fully saturated rings. The molecule has 3 N–H and O–H groups in total. The normalized spacial score (nSPS) is 18.9. The Morgan fingerprint density at radius 2 is 2.06 bits per heavy atom. The lowest BCUT2D eigenvalue weighted by molar-refractivity contribution is -0.137. The average Bonchev–Trinajstić information content (AvgIpc) is 2.15. The molecule has 98 valence electrons. The molecule has 1 rings (SSSR count). The van der Waals surface area contributed by atoms with Gasteiger partial charge in [-0.2, -0.15) is 0 Å². The molecular weight excluding hydrogens is 220 g/mol. The molecule has 0 aliphatic heterocycles. The second-order valence-electron chi connectivity index (χ2n) is 5.03. The number of hydrogen-bond acceptors (Lipinski definition) is 2. The number of amides is 2. The fraction of sp³-hybridized carbons (Fsp3) is 0.833. The highest BCUT2D eigenvalue weighted by atomic mass is 16.4. The summed E-state index contributed by atoms with van der Waals surface area (Å²) in [7, 11) is 0. The van der Waals surface area contributed by atoms with E-state index in [0.717, 1.165) is 6.42 Å². The number of carbonyl (C=O) groups excluding carboxylic acids is 1. The summed E-state index contributed by atoms with van der Waals surface area (Å²) >= 11 is 0. The Labute approximate surface area is 102 Å². The maximum absolute atomic E-state index is 11.5. The van der Waals surface area contributed by atoms with Gasteiger partial charge in [-0.1, -0.05) is 13.3 Å². The lowest BCUT2D eigenvalue weighted by Gasteiger charge is -2.41. The predicted octanol–water partition coefficient (Wildman–Crippen LogP) is 1.73. The summed E-state index contributed by atoms with van der Waals surface area (Å²) < 4.78 is 0. The third kappa shape index (κ3) is 4.24. The lowest BCUT2D eigenvalue weighted by atomic mass is 9.67. The van der Waals surface area contributed by atoms with Gasteiger partial charge >= 0.3 is 12.0 Å². The van der Waals surface area contributed by atoms with E-state index in [1.54, 1.807) is 6.92 Å². The first-order valence-electron chi connectivity index (χ1n) is 6.23. The molecule has 0 aromatic carbocycles. The van der Waals surface area contributed by atoms with Crippen LogP contribution in [-0.4, -0.2) is 29.7 Å². The summed E-state index contributed by atoms with van der Waals surface area (Å²) in [5.41, 5.74) is 0.285. The molecule has 1 saturated carbocycles. The van der Waals surface area contributed by atoms with Crippen molar-refractivity contribution < 1.29 is 14.7 Å². The molecule has 0 radical (unpaired) electrons. The number of aliphatic carboxylic acids is 1. The molecule has 1 unspecified atom stereocenters. The molecule has 0 bridgehead atoms. The zero-order valence-corrected chi connectivity index (χ0v) is 10.6. The van der Waals surface area contributed by atoms with Crippen LogP contribution in [0.5, 0.6) is 0 Å². The van der Waals surface area contributed by atoms with Gasteiger partial charge in [-0.3, -0.25) is 4.79 Å². The van der Waals surface area contributed by atoms with E-state index in [1.807, 2.05) is 0 Å². The van der Waals surface area contributed by atoms with Crippen molar-refractivity contribution in [3.63, 3.8) is 0 Å². The maximum atomic E-state index is 11.5. The molecule has 0 spiro atoms. The SMILES string of the molecule is CCC1(CNC(=O)NC(C)CC(=O)O)CCC1. The summed E-state index contributed by atoms with van der Waals surface area (Å²) in [6.07, 6.45) is 4.62. The van der Waals surface area contributed by atoms with Gasteiger partial charge in [-0.25, -0.2) is 4.79 Å². The monoisotopic (exact) mass is 242 g/mol. The standard InChI is InChI=1S/C12H22N2O3/c1-3-12(5-4-6-12)8-13-11(17)14-9(2)7-10(15)16/h9H,3-8H2,1-2H3,(H,15,16)(H2,13,14,17). The fourth-order valence-electron chi connectivity index (χ4n) is 2.19. The largest absolute Gasteiger partial charge is 0.481 e. The number of nitrogens with one attached hydrogen (secondary N) is 2. The first-order valence-corrected chi connectivity index (χ1v) is 6.23. The maximum Gasteiger partial charge on any atom is 0.315 e. The first kappa shape index (κ1) is 13.8. The van der Waals surface area contributed by atoms with Crippen LogP contribution in [0.25, 0.3) is 0 Å². The third-order valence-electron chi connectivity index (χ3n) is 3.65. The first-order chi connectivity index (χ1) is 7.97. The zero-order valence-electron chi connectivity index (χ0n) is 10.6. The Kier molecular flexibility index (Phi) is 4.78. The predicted molar refractivity (Wildman–Crippen MR) is 64.8 cm³/mol. The van der Waals surface area contributed by atoms with Gasteiger partial charge < -0.3 is 15.7 Å². The van der Waals surface area contributed by atoms with Crippen molar-refractivity contribution in [1.82, 2.24) is 10.6 Å². The van der Waals surface area contributed by atoms with Crippen LogP contribution in [0.1, 0.15) is 46.0 Å². The average molecular weight is 242 g/mol. The number of urea groups is 1. The summed E-state index contributed by atoms with van der Waals surface area (Å²) in [5, 5.41) is 14.0. The Morgan fingerprint density at radius 3 is 2.47 bits per heavy atom. The molecular formula is C12H22N2O3. The van der Waals surface area contributed by atoms with Gasteiger partial charge in [0.15, 0.2) is 0 Å². The number of carboxylic acids is 1. The van der Waals surface area contributed by atoms with Gasteiger partial charge in [-0.05, 0) is 31.6 Å². The highest BCUT2D eigenvalue weighted by Gasteiger charge is 2.35. The number of carbonyl (C=O) groups is 2. The Bertz CT molecular complexity index is 282. The van der Waals surface area contributed by atoms with Crippen LogP contribution in [0.2, 0.25) is 0 Å². The lowest BCUT2D eigenvalue weighted by Crippen LogP contribution is -2.47. The topological polar surface area (TPSA) is 78.4 Å². The van der Waals surface area contributed by atoms with E-state index in [1.165, 1.54) is 19.3 Å². The molecule has 17 heavy (non-hydrogen) atoms. The van der Waals surface area contributed by atoms with E-state index in [2.05, 4.69) is 17.6 Å². The van der Waals surface area contributed by atoms with Crippen LogP contribution in [0, 0.1) is 5.41 Å². The van der Waals surface area contributed by atoms with Crippen molar-refractivity contribution in [3.8, 4) is 0 Å². The second-order valence-corrected chi connectivity index (χ2v) is 5.03. The van der Waals surface area contributed by atoms with Crippen molar-refractivity contribution >= 4 is 12.0 Å². The minimum absolute atomic E-state index is 0.0493. The van der Waals surface area contributed by atoms with Gasteiger partial charge in [0, 0.05) is 12.6 Å². The van der Waals surface area contributed by atoms with Crippen molar-refractivity contribution in [2.75, 3.05) is 6.54 Å². The molecule has 0 saturated heterocycles. The van der Waals surface area contributed by atoms with Crippen molar-refractivity contribution in [2.45, 2.75) is 52.0 Å². The molecule has 2 amide bonds. The van der Waals surface area contributed by atoms with Crippen molar-refractivity contribution in [3.05, 3.63) is 0 Å². The van der Waals surface area contributed by atoms with E-state index in [0.29, 0.717) is 6.54 Å². The fourth-order valence-corrected chi connectivity index (χ4v) is 2.19. The minimum atomic E-state index is -0.901. The minimum Gasteiger partial charge on any atom is -0.481 e. The summed E-state index contributed by atoms with van der Waals surface area (Å²) in [6, 6.07) is -0.607. The van der Waals surface area contributed by atoms with E-state index >= 15 is 0 Å². The number of rotatable bonds is 6. The quantitative estimate of drug-likeness (QED) is 0.663. The molecule has 0 heterocycles. The van der Waals surface area contributed by atoms with Crippen LogP contribution in [-0.2, 0) is 4.79 Å². The van der Waals surface area contributed by atoms with Gasteiger partial charge in [0.2, 0.25) is 0 Å². The van der Waals surface area contributed by atoms with Crippen LogP contribution >= 0.6 is 0 Å². The van der Waals surface area contributed by atoms with Crippen LogP contribution in [0.4, 0.5) is 4.79 Å². The highest BCUT2D eigenvalue weighted by Crippen LogP contribution is 2.42. The summed E-state index contributed by atoms with van der Waals surface area (Å²) in [5.74, 6) is -0.901. The van der Waals surface area contributed by atoms with Crippen molar-refractivity contribution in [2.24, 2.45) is 5.41 Å². The van der Waals surface area contributed by atoms with Gasteiger partial charge in [-0.15, -0.1) is 0 Å². The van der Waals surface area contributed by atoms with Gasteiger partial charge in [0.05, 0.1) is 6.42 Å². The summed E-state index contributed by atoms with van der Waals surface area (Å²) in [4.78, 5) is 22.0. The van der Waals surface area contributed by atoms with Gasteiger partial charge in [0.1, 0.15) is 0 Å². The molecule has 1 atom stereocenters. The van der Waals surface area contributed by atoms with E-state index < -0.39 is 5.97 Å². The van der Waals surface area contributed by atoms with Crippen LogP contribution in [0.15, 0.2) is 0 Å². The molecule has 5 nitrogen and oxygen atoms in total. The molecule has 0 aromatic rings.